The average molecular weight is 791 g/mol. The van der Waals surface area contributed by atoms with Crippen molar-refractivity contribution in [2.45, 2.75) is 179 Å². The predicted molar refractivity (Wildman–Crippen MR) is 247 cm³/mol. The van der Waals surface area contributed by atoms with Crippen LogP contribution in [0.1, 0.15) is 167 Å². The molecular formula is C56H86O2. The summed E-state index contributed by atoms with van der Waals surface area (Å²) in [4.78, 5) is 0. The van der Waals surface area contributed by atoms with Crippen LogP contribution in [0.4, 0.5) is 0 Å². The zero-order chi connectivity index (χ0) is 41.9. The fraction of sp³-hybridized carbons (Fsp3) is 0.750. The summed E-state index contributed by atoms with van der Waals surface area (Å²) in [5.74, 6) is 7.88. The van der Waals surface area contributed by atoms with E-state index in [2.05, 4.69) is 138 Å². The van der Waals surface area contributed by atoms with Gasteiger partial charge in [-0.25, -0.2) is 0 Å². The van der Waals surface area contributed by atoms with Crippen LogP contribution in [0, 0.1) is 86.8 Å². The molecule has 0 amide bonds. The molecule has 0 spiro atoms. The van der Waals surface area contributed by atoms with Gasteiger partial charge in [0.2, 0.25) is 0 Å². The molecule has 2 nitrogen and oxygen atoms in total. The van der Waals surface area contributed by atoms with E-state index in [0.717, 1.165) is 61.7 Å². The van der Waals surface area contributed by atoms with Crippen molar-refractivity contribution < 1.29 is 10.2 Å². The van der Waals surface area contributed by atoms with Crippen molar-refractivity contribution in [2.24, 2.45) is 86.8 Å². The maximum absolute atomic E-state index is 10.2. The van der Waals surface area contributed by atoms with Gasteiger partial charge in [0.25, 0.3) is 0 Å². The lowest BCUT2D eigenvalue weighted by Crippen LogP contribution is -2.46. The van der Waals surface area contributed by atoms with Crippen LogP contribution in [0.2, 0.25) is 0 Å². The van der Waals surface area contributed by atoms with Crippen LogP contribution in [0.3, 0.4) is 0 Å². The first-order valence-electron chi connectivity index (χ1n) is 24.6. The Hall–Kier alpha value is -1.90. The predicted octanol–water partition coefficient (Wildman–Crippen LogP) is 14.6. The van der Waals surface area contributed by atoms with E-state index in [0.29, 0.717) is 51.8 Å². The van der Waals surface area contributed by atoms with Crippen molar-refractivity contribution in [3.8, 4) is 0 Å². The summed E-state index contributed by atoms with van der Waals surface area (Å²) in [5.41, 5.74) is 9.33. The molecule has 0 aromatic heterocycles. The van der Waals surface area contributed by atoms with Crippen LogP contribution >= 0.6 is 0 Å². The second-order valence-electron chi connectivity index (χ2n) is 23.3. The Labute approximate surface area is 357 Å². The number of hydrogen-bond donors (Lipinski definition) is 2. The van der Waals surface area contributed by atoms with Crippen molar-refractivity contribution >= 4 is 0 Å². The summed E-state index contributed by atoms with van der Waals surface area (Å²) in [6.07, 6.45) is 37.5. The summed E-state index contributed by atoms with van der Waals surface area (Å²) < 4.78 is 0. The molecule has 58 heavy (non-hydrogen) atoms. The third kappa shape index (κ3) is 7.77. The Morgan fingerprint density at radius 3 is 1.72 bits per heavy atom. The number of rotatable bonds is 8. The minimum absolute atomic E-state index is 0.116. The zero-order valence-electron chi connectivity index (χ0n) is 39.3. The standard InChI is InChI=1S/C28H44O.C28H42O/c2*1-18(2)19(3)7-8-20(4)24-11-12-25-23-10-9-21-17-22(29)13-15-27(21,5)26(23)14-16-28(24,25)6/h7-10,18-20,22,24-26,29H,11-17H2,1-6H3;7-10,14,18-20,22,24-25,29H,11-13,15-17H2,1-6H3/b2*8-7+/t19-,20+,22-,24+,25-,26-,27-,28+;19-,20+,22-,24+,25-,27-,28+/m00/s1. The van der Waals surface area contributed by atoms with E-state index in [1.54, 1.807) is 16.7 Å². The Balaban J connectivity index is 0.000000177. The van der Waals surface area contributed by atoms with Gasteiger partial charge in [0.1, 0.15) is 0 Å². The monoisotopic (exact) mass is 791 g/mol. The van der Waals surface area contributed by atoms with E-state index in [-0.39, 0.29) is 17.6 Å². The van der Waals surface area contributed by atoms with Gasteiger partial charge in [-0.1, -0.05) is 154 Å². The molecule has 0 radical (unpaired) electrons. The fourth-order valence-electron chi connectivity index (χ4n) is 14.6. The minimum Gasteiger partial charge on any atom is -0.393 e. The second kappa shape index (κ2) is 16.8. The van der Waals surface area contributed by atoms with E-state index in [9.17, 15) is 10.2 Å². The van der Waals surface area contributed by atoms with E-state index in [4.69, 9.17) is 0 Å². The molecule has 8 aliphatic carbocycles. The number of aliphatic hydroxyl groups excluding tert-OH is 2. The second-order valence-corrected chi connectivity index (χ2v) is 23.3. The Morgan fingerprint density at radius 1 is 0.552 bits per heavy atom. The van der Waals surface area contributed by atoms with E-state index < -0.39 is 0 Å². The third-order valence-electron chi connectivity index (χ3n) is 19.5. The molecule has 5 saturated carbocycles. The number of aliphatic hydroxyl groups is 2. The van der Waals surface area contributed by atoms with Crippen molar-refractivity contribution in [3.63, 3.8) is 0 Å². The largest absolute Gasteiger partial charge is 0.393 e. The van der Waals surface area contributed by atoms with Crippen LogP contribution in [0.15, 0.2) is 82.5 Å². The highest BCUT2D eigenvalue weighted by Gasteiger charge is 2.57. The van der Waals surface area contributed by atoms with Crippen LogP contribution in [0.25, 0.3) is 0 Å². The van der Waals surface area contributed by atoms with Crippen LogP contribution < -0.4 is 0 Å². The normalized spacial score (nSPS) is 42.6. The van der Waals surface area contributed by atoms with E-state index in [1.165, 1.54) is 62.5 Å². The molecule has 0 unspecified atom stereocenters. The molecule has 0 aliphatic heterocycles. The molecule has 0 saturated heterocycles. The third-order valence-corrected chi connectivity index (χ3v) is 19.5. The lowest BCUT2D eigenvalue weighted by molar-refractivity contribution is 0.0382. The maximum Gasteiger partial charge on any atom is 0.0578 e. The molecule has 5 fully saturated rings. The average Bonchev–Trinajstić information content (AvgIpc) is 3.73. The van der Waals surface area contributed by atoms with Gasteiger partial charge in [0, 0.05) is 5.41 Å². The quantitative estimate of drug-likeness (QED) is 0.240. The summed E-state index contributed by atoms with van der Waals surface area (Å²) >= 11 is 0. The molecule has 322 valence electrons. The SMILES string of the molecule is CC(C)[C@@H](C)/C=C/[C@@H](C)[C@H]1CC[C@H]2C3=CC=C4C[C@@H](O)CC[C@]4(C)C3=CC[C@]12C.CC(C)[C@@H](C)/C=C/[C@@H](C)[C@H]1CC[C@H]2C3=CC=C4C[C@@H](O)CC[C@]4(C)[C@H]3CC[C@]12C. The first kappa shape index (κ1) is 44.2. The van der Waals surface area contributed by atoms with Crippen LogP contribution in [-0.4, -0.2) is 22.4 Å². The number of fused-ring (bicyclic) bond motifs is 10. The summed E-state index contributed by atoms with van der Waals surface area (Å²) in [6.45, 7) is 29.1. The van der Waals surface area contributed by atoms with Gasteiger partial charge in [-0.15, -0.1) is 0 Å². The van der Waals surface area contributed by atoms with Gasteiger partial charge in [-0.3, -0.25) is 0 Å². The summed E-state index contributed by atoms with van der Waals surface area (Å²) in [7, 11) is 0. The molecular weight excluding hydrogens is 705 g/mol. The molecule has 0 bridgehead atoms. The van der Waals surface area contributed by atoms with Gasteiger partial charge in [-0.2, -0.15) is 0 Å². The topological polar surface area (TPSA) is 40.5 Å². The van der Waals surface area contributed by atoms with Gasteiger partial charge in [0.15, 0.2) is 0 Å². The Kier molecular flexibility index (Phi) is 12.8. The summed E-state index contributed by atoms with van der Waals surface area (Å²) in [6, 6.07) is 0. The van der Waals surface area contributed by atoms with Gasteiger partial charge < -0.3 is 10.2 Å². The fourth-order valence-corrected chi connectivity index (χ4v) is 14.6. The Bertz CT molecular complexity index is 1730. The highest BCUT2D eigenvalue weighted by molar-refractivity contribution is 5.54. The first-order valence-corrected chi connectivity index (χ1v) is 24.6. The molecule has 2 heteroatoms. The molecule has 15 atom stereocenters. The van der Waals surface area contributed by atoms with Crippen LogP contribution in [0.5, 0.6) is 0 Å². The number of allylic oxidation sites excluding steroid dienone is 12. The van der Waals surface area contributed by atoms with Crippen molar-refractivity contribution in [2.75, 3.05) is 0 Å². The zero-order valence-corrected chi connectivity index (χ0v) is 39.3. The van der Waals surface area contributed by atoms with Crippen molar-refractivity contribution in [1.82, 2.24) is 0 Å². The molecule has 0 aromatic rings. The molecule has 0 aromatic carbocycles. The van der Waals surface area contributed by atoms with Gasteiger partial charge >= 0.3 is 0 Å². The maximum atomic E-state index is 10.2. The minimum atomic E-state index is -0.143. The van der Waals surface area contributed by atoms with Crippen molar-refractivity contribution in [3.05, 3.63) is 82.5 Å². The van der Waals surface area contributed by atoms with Crippen molar-refractivity contribution in [1.29, 1.82) is 0 Å². The molecule has 8 aliphatic rings. The van der Waals surface area contributed by atoms with Gasteiger partial charge in [0.05, 0.1) is 12.2 Å². The summed E-state index contributed by atoms with van der Waals surface area (Å²) in [5, 5.41) is 20.4. The van der Waals surface area contributed by atoms with E-state index >= 15 is 0 Å². The smallest absolute Gasteiger partial charge is 0.0578 e. The number of hydrogen-bond acceptors (Lipinski definition) is 2. The Morgan fingerprint density at radius 2 is 1.10 bits per heavy atom. The van der Waals surface area contributed by atoms with Gasteiger partial charge in [-0.05, 0) is 176 Å². The first-order chi connectivity index (χ1) is 27.3. The molecule has 0 heterocycles. The highest BCUT2D eigenvalue weighted by Crippen LogP contribution is 2.67. The van der Waals surface area contributed by atoms with E-state index in [1.807, 2.05) is 0 Å². The van der Waals surface area contributed by atoms with Crippen LogP contribution in [-0.2, 0) is 0 Å². The molecule has 8 rings (SSSR count). The molecule has 2 N–H and O–H groups in total. The lowest BCUT2D eigenvalue weighted by Gasteiger charge is -2.55. The highest BCUT2D eigenvalue weighted by atomic mass is 16.3. The lowest BCUT2D eigenvalue weighted by atomic mass is 9.50.